The molecule has 2 heterocycles. The average molecular weight is 286 g/mol. The van der Waals surface area contributed by atoms with Crippen molar-refractivity contribution < 1.29 is 0 Å². The molecule has 3 aromatic rings. The highest BCUT2D eigenvalue weighted by atomic mass is 35.5. The van der Waals surface area contributed by atoms with Crippen molar-refractivity contribution in [3.63, 3.8) is 0 Å². The summed E-state index contributed by atoms with van der Waals surface area (Å²) in [6.45, 7) is 4.27. The molecule has 3 rings (SSSR count). The van der Waals surface area contributed by atoms with Gasteiger partial charge >= 0.3 is 0 Å². The summed E-state index contributed by atoms with van der Waals surface area (Å²) in [6.07, 6.45) is 3.64. The molecule has 0 aliphatic rings. The number of hydrogen-bond donors (Lipinski definition) is 0. The van der Waals surface area contributed by atoms with E-state index in [9.17, 15) is 0 Å². The maximum absolute atomic E-state index is 6.09. The van der Waals surface area contributed by atoms with E-state index in [1.165, 1.54) is 11.1 Å². The summed E-state index contributed by atoms with van der Waals surface area (Å²) in [5, 5.41) is 0. The number of aryl methyl sites for hydroxylation is 1. The zero-order valence-corrected chi connectivity index (χ0v) is 12.3. The van der Waals surface area contributed by atoms with Crippen LogP contribution in [0.4, 0.5) is 0 Å². The topological polar surface area (TPSA) is 30.7 Å². The number of pyridine rings is 1. The van der Waals surface area contributed by atoms with Gasteiger partial charge < -0.3 is 4.57 Å². The minimum atomic E-state index is 0.179. The molecule has 1 atom stereocenters. The van der Waals surface area contributed by atoms with Crippen LogP contribution in [0.1, 0.15) is 29.9 Å². The molecular weight excluding hydrogens is 270 g/mol. The van der Waals surface area contributed by atoms with Crippen LogP contribution in [0, 0.1) is 6.92 Å². The van der Waals surface area contributed by atoms with Crippen LogP contribution in [0.25, 0.3) is 11.0 Å². The minimum absolute atomic E-state index is 0.179. The van der Waals surface area contributed by atoms with E-state index in [0.717, 1.165) is 16.9 Å². The first-order valence-corrected chi connectivity index (χ1v) is 7.18. The first kappa shape index (κ1) is 13.1. The number of hydrogen-bond acceptors (Lipinski definition) is 2. The smallest absolute Gasteiger partial charge is 0.125 e. The zero-order chi connectivity index (χ0) is 14.1. The van der Waals surface area contributed by atoms with Crippen LogP contribution < -0.4 is 0 Å². The van der Waals surface area contributed by atoms with E-state index in [1.54, 1.807) is 0 Å². The van der Waals surface area contributed by atoms with Gasteiger partial charge in [-0.25, -0.2) is 4.98 Å². The van der Waals surface area contributed by atoms with Gasteiger partial charge in [-0.3, -0.25) is 4.98 Å². The average Bonchev–Trinajstić information content (AvgIpc) is 2.87. The van der Waals surface area contributed by atoms with Gasteiger partial charge in [0.25, 0.3) is 0 Å². The predicted molar refractivity (Wildman–Crippen MR) is 82.1 cm³/mol. The molecule has 0 fully saturated rings. The number of alkyl halides is 1. The Morgan fingerprint density at radius 2 is 1.95 bits per heavy atom. The van der Waals surface area contributed by atoms with Gasteiger partial charge in [0.2, 0.25) is 0 Å². The van der Waals surface area contributed by atoms with Crippen molar-refractivity contribution in [3.8, 4) is 0 Å². The summed E-state index contributed by atoms with van der Waals surface area (Å²) < 4.78 is 2.23. The third kappa shape index (κ3) is 2.08. The van der Waals surface area contributed by atoms with Gasteiger partial charge in [0.1, 0.15) is 5.82 Å². The van der Waals surface area contributed by atoms with Crippen LogP contribution in [0.2, 0.25) is 0 Å². The summed E-state index contributed by atoms with van der Waals surface area (Å²) in [5.41, 5.74) is 4.58. The monoisotopic (exact) mass is 285 g/mol. The van der Waals surface area contributed by atoms with E-state index >= 15 is 0 Å². The number of fused-ring (bicyclic) bond motifs is 1. The second-order valence-corrected chi connectivity index (χ2v) is 5.20. The second-order valence-electron chi connectivity index (χ2n) is 4.93. The predicted octanol–water partition coefficient (Wildman–Crippen LogP) is 4.09. The van der Waals surface area contributed by atoms with Crippen molar-refractivity contribution >= 4 is 22.6 Å². The minimum Gasteiger partial charge on any atom is -0.319 e. The van der Waals surface area contributed by atoms with Crippen LogP contribution in [0.5, 0.6) is 0 Å². The van der Waals surface area contributed by atoms with Crippen molar-refractivity contribution in [2.75, 3.05) is 0 Å². The lowest BCUT2D eigenvalue weighted by Crippen LogP contribution is -2.10. The highest BCUT2D eigenvalue weighted by molar-refractivity contribution is 6.16. The Kier molecular flexibility index (Phi) is 3.45. The molecule has 2 aromatic heterocycles. The lowest BCUT2D eigenvalue weighted by Gasteiger charge is -2.18. The molecule has 0 spiro atoms. The number of rotatable bonds is 3. The van der Waals surface area contributed by atoms with Gasteiger partial charge in [0, 0.05) is 12.4 Å². The molecule has 0 N–H and O–H groups in total. The highest BCUT2D eigenvalue weighted by Gasteiger charge is 2.17. The normalized spacial score (nSPS) is 12.8. The summed E-state index contributed by atoms with van der Waals surface area (Å²) in [4.78, 5) is 8.73. The number of benzene rings is 1. The summed E-state index contributed by atoms with van der Waals surface area (Å²) >= 11 is 6.09. The molecule has 0 bridgehead atoms. The maximum atomic E-state index is 6.09. The van der Waals surface area contributed by atoms with Crippen molar-refractivity contribution in [1.29, 1.82) is 0 Å². The lowest BCUT2D eigenvalue weighted by molar-refractivity contribution is 0.632. The first-order chi connectivity index (χ1) is 9.72. The summed E-state index contributed by atoms with van der Waals surface area (Å²) in [5.74, 6) is 1.31. The van der Waals surface area contributed by atoms with Gasteiger partial charge in [-0.1, -0.05) is 12.1 Å². The van der Waals surface area contributed by atoms with Gasteiger partial charge in [-0.15, -0.1) is 11.6 Å². The quantitative estimate of drug-likeness (QED) is 0.679. The Balaban J connectivity index is 2.24. The fraction of sp³-hybridized carbons (Fsp3) is 0.250. The van der Waals surface area contributed by atoms with Crippen LogP contribution >= 0.6 is 11.6 Å². The van der Waals surface area contributed by atoms with E-state index < -0.39 is 0 Å². The van der Waals surface area contributed by atoms with Crippen LogP contribution in [-0.2, 0) is 5.88 Å². The molecule has 20 heavy (non-hydrogen) atoms. The number of para-hydroxylation sites is 1. The molecular formula is C16H16ClN3. The van der Waals surface area contributed by atoms with Crippen molar-refractivity contribution in [2.45, 2.75) is 25.8 Å². The Labute approximate surface area is 123 Å². The van der Waals surface area contributed by atoms with Crippen molar-refractivity contribution in [2.24, 2.45) is 0 Å². The molecule has 102 valence electrons. The van der Waals surface area contributed by atoms with Crippen LogP contribution in [0.15, 0.2) is 42.7 Å². The van der Waals surface area contributed by atoms with Gasteiger partial charge in [0.15, 0.2) is 0 Å². The number of imidazole rings is 1. The molecule has 1 aromatic carbocycles. The molecule has 0 saturated heterocycles. The third-order valence-corrected chi connectivity index (χ3v) is 3.92. The largest absolute Gasteiger partial charge is 0.319 e. The number of aromatic nitrogens is 3. The third-order valence-electron chi connectivity index (χ3n) is 3.68. The molecule has 0 amide bonds. The number of halogens is 1. The maximum Gasteiger partial charge on any atom is 0.125 e. The van der Waals surface area contributed by atoms with E-state index in [4.69, 9.17) is 11.6 Å². The SMILES string of the molecule is Cc1cccc2nc(CCl)n(C(C)c3ccncc3)c12. The fourth-order valence-corrected chi connectivity index (χ4v) is 2.86. The molecule has 0 radical (unpaired) electrons. The van der Waals surface area contributed by atoms with Gasteiger partial charge in [-0.2, -0.15) is 0 Å². The Morgan fingerprint density at radius 3 is 2.65 bits per heavy atom. The van der Waals surface area contributed by atoms with Crippen molar-refractivity contribution in [3.05, 3.63) is 59.7 Å². The first-order valence-electron chi connectivity index (χ1n) is 6.64. The molecule has 1 unspecified atom stereocenters. The standard InChI is InChI=1S/C16H16ClN3/c1-11-4-3-5-14-16(11)20(15(10-17)19-14)12(2)13-6-8-18-9-7-13/h3-9,12H,10H2,1-2H3. The summed E-state index contributed by atoms with van der Waals surface area (Å²) in [7, 11) is 0. The Morgan fingerprint density at radius 1 is 1.20 bits per heavy atom. The Bertz CT molecular complexity index is 734. The van der Waals surface area contributed by atoms with E-state index in [2.05, 4.69) is 34.4 Å². The molecule has 0 aliphatic carbocycles. The van der Waals surface area contributed by atoms with Gasteiger partial charge in [-0.05, 0) is 43.2 Å². The molecule has 0 aliphatic heterocycles. The second kappa shape index (κ2) is 5.25. The molecule has 3 nitrogen and oxygen atoms in total. The number of nitrogens with zero attached hydrogens (tertiary/aromatic N) is 3. The fourth-order valence-electron chi connectivity index (χ4n) is 2.67. The van der Waals surface area contributed by atoms with Crippen LogP contribution in [-0.4, -0.2) is 14.5 Å². The zero-order valence-electron chi connectivity index (χ0n) is 11.5. The molecule has 4 heteroatoms. The highest BCUT2D eigenvalue weighted by Crippen LogP contribution is 2.28. The van der Waals surface area contributed by atoms with Crippen molar-refractivity contribution in [1.82, 2.24) is 14.5 Å². The van der Waals surface area contributed by atoms with Crippen LogP contribution in [0.3, 0.4) is 0 Å². The summed E-state index contributed by atoms with van der Waals surface area (Å²) in [6, 6.07) is 10.4. The van der Waals surface area contributed by atoms with Gasteiger partial charge in [0.05, 0.1) is 23.0 Å². The van der Waals surface area contributed by atoms with E-state index in [-0.39, 0.29) is 6.04 Å². The van der Waals surface area contributed by atoms with E-state index in [0.29, 0.717) is 5.88 Å². The Hall–Kier alpha value is -1.87. The molecule has 0 saturated carbocycles. The lowest BCUT2D eigenvalue weighted by atomic mass is 10.1. The van der Waals surface area contributed by atoms with E-state index in [1.807, 2.05) is 36.7 Å².